The Hall–Kier alpha value is -0.340. The molecule has 0 aromatic carbocycles. The van der Waals surface area contributed by atoms with Crippen molar-refractivity contribution >= 4 is 0 Å². The van der Waals surface area contributed by atoms with Crippen LogP contribution >= 0.6 is 0 Å². The van der Waals surface area contributed by atoms with Crippen molar-refractivity contribution in [2.75, 3.05) is 26.2 Å². The molecule has 0 amide bonds. The summed E-state index contributed by atoms with van der Waals surface area (Å²) in [5.41, 5.74) is 1.68. The fourth-order valence-corrected chi connectivity index (χ4v) is 2.62. The van der Waals surface area contributed by atoms with Crippen molar-refractivity contribution < 1.29 is 0 Å². The van der Waals surface area contributed by atoms with Crippen molar-refractivity contribution in [3.8, 4) is 0 Å². The molecule has 15 heavy (non-hydrogen) atoms. The van der Waals surface area contributed by atoms with Crippen LogP contribution in [-0.2, 0) is 0 Å². The summed E-state index contributed by atoms with van der Waals surface area (Å²) in [6.07, 6.45) is 10.5. The molecule has 0 radical (unpaired) electrons. The molecule has 1 saturated heterocycles. The molecule has 86 valence electrons. The molecule has 1 atom stereocenters. The van der Waals surface area contributed by atoms with E-state index < -0.39 is 0 Å². The van der Waals surface area contributed by atoms with E-state index in [1.54, 1.807) is 5.57 Å². The summed E-state index contributed by atoms with van der Waals surface area (Å²) < 4.78 is 0. The summed E-state index contributed by atoms with van der Waals surface area (Å²) in [4.78, 5) is 0. The summed E-state index contributed by atoms with van der Waals surface area (Å²) >= 11 is 0. The van der Waals surface area contributed by atoms with Crippen molar-refractivity contribution in [3.05, 3.63) is 11.6 Å². The van der Waals surface area contributed by atoms with Gasteiger partial charge in [-0.05, 0) is 70.6 Å². The van der Waals surface area contributed by atoms with Gasteiger partial charge in [0, 0.05) is 0 Å². The number of piperidine rings is 1. The van der Waals surface area contributed by atoms with Crippen LogP contribution in [0.1, 0.15) is 38.5 Å². The number of nitrogens with one attached hydrogen (secondary N) is 2. The average Bonchev–Trinajstić information content (AvgIpc) is 2.79. The molecule has 2 N–H and O–H groups in total. The van der Waals surface area contributed by atoms with Crippen LogP contribution in [0.5, 0.6) is 0 Å². The van der Waals surface area contributed by atoms with Crippen LogP contribution in [0.25, 0.3) is 0 Å². The van der Waals surface area contributed by atoms with Gasteiger partial charge in [0.15, 0.2) is 0 Å². The minimum Gasteiger partial charge on any atom is -0.316 e. The van der Waals surface area contributed by atoms with Gasteiger partial charge in [0.05, 0.1) is 0 Å². The summed E-state index contributed by atoms with van der Waals surface area (Å²) in [5.74, 6) is 0.872. The third kappa shape index (κ3) is 3.96. The smallest absolute Gasteiger partial charge is 0.000825 e. The van der Waals surface area contributed by atoms with Gasteiger partial charge in [0.2, 0.25) is 0 Å². The molecule has 1 aliphatic heterocycles. The molecule has 0 saturated carbocycles. The van der Waals surface area contributed by atoms with Gasteiger partial charge in [0.1, 0.15) is 0 Å². The molecule has 2 aliphatic rings. The van der Waals surface area contributed by atoms with Crippen molar-refractivity contribution in [2.45, 2.75) is 38.5 Å². The molecule has 0 aromatic rings. The first kappa shape index (κ1) is 11.2. The molecule has 1 fully saturated rings. The normalized spacial score (nSPS) is 26.7. The molecular formula is C13H24N2. The number of hydrogen-bond donors (Lipinski definition) is 2. The van der Waals surface area contributed by atoms with E-state index in [0.29, 0.717) is 0 Å². The largest absolute Gasteiger partial charge is 0.316 e. The molecule has 2 nitrogen and oxygen atoms in total. The predicted molar refractivity (Wildman–Crippen MR) is 65.0 cm³/mol. The zero-order valence-electron chi connectivity index (χ0n) is 9.73. The third-order valence-electron chi connectivity index (χ3n) is 3.59. The fourth-order valence-electron chi connectivity index (χ4n) is 2.62. The van der Waals surface area contributed by atoms with E-state index in [9.17, 15) is 0 Å². The minimum absolute atomic E-state index is 0.872. The van der Waals surface area contributed by atoms with E-state index in [0.717, 1.165) is 5.92 Å². The van der Waals surface area contributed by atoms with Gasteiger partial charge in [-0.1, -0.05) is 11.6 Å². The summed E-state index contributed by atoms with van der Waals surface area (Å²) in [7, 11) is 0. The quantitative estimate of drug-likeness (QED) is 0.534. The van der Waals surface area contributed by atoms with Crippen molar-refractivity contribution in [3.63, 3.8) is 0 Å². The van der Waals surface area contributed by atoms with Gasteiger partial charge in [-0.3, -0.25) is 0 Å². The SMILES string of the molecule is C1=C(CCNCC2CCCNC2)CCC1. The Bertz CT molecular complexity index is 205. The van der Waals surface area contributed by atoms with Crippen LogP contribution in [-0.4, -0.2) is 26.2 Å². The maximum Gasteiger partial charge on any atom is -0.000825 e. The van der Waals surface area contributed by atoms with Crippen LogP contribution < -0.4 is 10.6 Å². The van der Waals surface area contributed by atoms with Gasteiger partial charge in [-0.25, -0.2) is 0 Å². The maximum atomic E-state index is 3.60. The van der Waals surface area contributed by atoms with Crippen molar-refractivity contribution in [2.24, 2.45) is 5.92 Å². The van der Waals surface area contributed by atoms with E-state index in [1.807, 2.05) is 0 Å². The highest BCUT2D eigenvalue weighted by atomic mass is 14.9. The molecular weight excluding hydrogens is 184 g/mol. The first-order valence-corrected chi connectivity index (χ1v) is 6.54. The number of rotatable bonds is 5. The Morgan fingerprint density at radius 1 is 1.40 bits per heavy atom. The lowest BCUT2D eigenvalue weighted by atomic mass is 10.00. The second-order valence-corrected chi connectivity index (χ2v) is 4.92. The molecule has 0 bridgehead atoms. The van der Waals surface area contributed by atoms with Crippen molar-refractivity contribution in [1.29, 1.82) is 0 Å². The Morgan fingerprint density at radius 3 is 3.13 bits per heavy atom. The first-order chi connectivity index (χ1) is 7.45. The Morgan fingerprint density at radius 2 is 2.40 bits per heavy atom. The lowest BCUT2D eigenvalue weighted by Gasteiger charge is -2.23. The van der Waals surface area contributed by atoms with Crippen LogP contribution in [0.3, 0.4) is 0 Å². The Kier molecular flexibility index (Phi) is 4.68. The standard InChI is InChI=1S/C13H24N2/c1-2-5-12(4-1)7-9-15-11-13-6-3-8-14-10-13/h4,13-15H,1-3,5-11H2. The number of hydrogen-bond acceptors (Lipinski definition) is 2. The fraction of sp³-hybridized carbons (Fsp3) is 0.846. The lowest BCUT2D eigenvalue weighted by Crippen LogP contribution is -2.36. The monoisotopic (exact) mass is 208 g/mol. The molecule has 1 aliphatic carbocycles. The van der Waals surface area contributed by atoms with E-state index in [2.05, 4.69) is 16.7 Å². The van der Waals surface area contributed by atoms with Crippen LogP contribution in [0, 0.1) is 5.92 Å². The highest BCUT2D eigenvalue weighted by molar-refractivity contribution is 5.07. The van der Waals surface area contributed by atoms with Gasteiger partial charge in [0.25, 0.3) is 0 Å². The highest BCUT2D eigenvalue weighted by Crippen LogP contribution is 2.19. The molecule has 0 aromatic heterocycles. The second kappa shape index (κ2) is 6.29. The third-order valence-corrected chi connectivity index (χ3v) is 3.59. The summed E-state index contributed by atoms with van der Waals surface area (Å²) in [6.45, 7) is 4.84. The van der Waals surface area contributed by atoms with Gasteiger partial charge in [-0.15, -0.1) is 0 Å². The highest BCUT2D eigenvalue weighted by Gasteiger charge is 2.12. The number of allylic oxidation sites excluding steroid dienone is 1. The zero-order chi connectivity index (χ0) is 10.3. The van der Waals surface area contributed by atoms with Crippen LogP contribution in [0.4, 0.5) is 0 Å². The minimum atomic E-state index is 0.872. The second-order valence-electron chi connectivity index (χ2n) is 4.92. The molecule has 2 heteroatoms. The molecule has 1 unspecified atom stereocenters. The van der Waals surface area contributed by atoms with E-state index in [-0.39, 0.29) is 0 Å². The van der Waals surface area contributed by atoms with Crippen molar-refractivity contribution in [1.82, 2.24) is 10.6 Å². The lowest BCUT2D eigenvalue weighted by molar-refractivity contribution is 0.361. The van der Waals surface area contributed by atoms with E-state index >= 15 is 0 Å². The maximum absolute atomic E-state index is 3.60. The van der Waals surface area contributed by atoms with Crippen LogP contribution in [0.2, 0.25) is 0 Å². The van der Waals surface area contributed by atoms with Gasteiger partial charge in [-0.2, -0.15) is 0 Å². The first-order valence-electron chi connectivity index (χ1n) is 6.54. The summed E-state index contributed by atoms with van der Waals surface area (Å²) in [6, 6.07) is 0. The molecule has 0 spiro atoms. The van der Waals surface area contributed by atoms with Gasteiger partial charge >= 0.3 is 0 Å². The summed E-state index contributed by atoms with van der Waals surface area (Å²) in [5, 5.41) is 7.07. The molecule has 1 heterocycles. The molecule has 2 rings (SSSR count). The van der Waals surface area contributed by atoms with E-state index in [4.69, 9.17) is 0 Å². The van der Waals surface area contributed by atoms with Gasteiger partial charge < -0.3 is 10.6 Å². The Labute approximate surface area is 93.5 Å². The Balaban J connectivity index is 1.50. The predicted octanol–water partition coefficient (Wildman–Crippen LogP) is 2.08. The average molecular weight is 208 g/mol. The van der Waals surface area contributed by atoms with E-state index in [1.165, 1.54) is 64.7 Å². The topological polar surface area (TPSA) is 24.1 Å². The van der Waals surface area contributed by atoms with Crippen LogP contribution in [0.15, 0.2) is 11.6 Å². The zero-order valence-corrected chi connectivity index (χ0v) is 9.73.